The van der Waals surface area contributed by atoms with Gasteiger partial charge in [-0.2, -0.15) is 0 Å². The minimum atomic E-state index is -4.98. The fraction of sp³-hybridized carbons (Fsp3) is 0.844. The molecule has 0 radical (unpaired) electrons. The molecule has 352 valence electrons. The Labute approximate surface area is 361 Å². The number of aliphatic hydroxyl groups excluding tert-OH is 4. The summed E-state index contributed by atoms with van der Waals surface area (Å²) < 4.78 is 32.9. The molecule has 6 atom stereocenters. The number of carboxylic acid groups (broad SMARTS) is 1. The highest BCUT2D eigenvalue weighted by atomic mass is 31.2. The highest BCUT2D eigenvalue weighted by molar-refractivity contribution is 7.47. The minimum Gasteiger partial charge on any atom is -0.479 e. The van der Waals surface area contributed by atoms with Gasteiger partial charge in [-0.15, -0.1) is 0 Å². The van der Waals surface area contributed by atoms with Gasteiger partial charge in [0.2, 0.25) is 0 Å². The van der Waals surface area contributed by atoms with Crippen LogP contribution in [0.4, 0.5) is 0 Å². The van der Waals surface area contributed by atoms with Gasteiger partial charge in [0.05, 0.1) is 13.2 Å². The average Bonchev–Trinajstić information content (AvgIpc) is 3.22. The molecule has 0 aliphatic carbocycles. The Hall–Kier alpha value is -2.16. The summed E-state index contributed by atoms with van der Waals surface area (Å²) in [6.45, 7) is 2.20. The van der Waals surface area contributed by atoms with E-state index < -0.39 is 76.1 Å². The Morgan fingerprint density at radius 1 is 0.517 bits per heavy atom. The van der Waals surface area contributed by atoms with Crippen molar-refractivity contribution in [3.8, 4) is 0 Å². The molecule has 0 saturated heterocycles. The molecule has 0 bridgehead atoms. The van der Waals surface area contributed by atoms with Gasteiger partial charge in [-0.1, -0.05) is 141 Å². The van der Waals surface area contributed by atoms with Crippen molar-refractivity contribution in [2.75, 3.05) is 19.8 Å². The summed E-state index contributed by atoms with van der Waals surface area (Å²) in [4.78, 5) is 46.2. The number of rotatable bonds is 43. The third kappa shape index (κ3) is 35.4. The predicted molar refractivity (Wildman–Crippen MR) is 233 cm³/mol. The van der Waals surface area contributed by atoms with Crippen LogP contribution in [0, 0.1) is 0 Å². The van der Waals surface area contributed by atoms with E-state index in [1.54, 1.807) is 0 Å². The third-order valence-corrected chi connectivity index (χ3v) is 11.1. The molecule has 6 N–H and O–H groups in total. The quantitative estimate of drug-likeness (QED) is 0.0145. The molecule has 14 nitrogen and oxygen atoms in total. The van der Waals surface area contributed by atoms with Gasteiger partial charge in [-0.3, -0.25) is 18.6 Å². The number of unbranched alkanes of at least 4 members (excludes halogenated alkanes) is 22. The number of esters is 2. The molecule has 0 fully saturated rings. The van der Waals surface area contributed by atoms with Crippen molar-refractivity contribution in [3.63, 3.8) is 0 Å². The van der Waals surface area contributed by atoms with Gasteiger partial charge >= 0.3 is 25.7 Å². The number of aliphatic hydroxyl groups is 4. The van der Waals surface area contributed by atoms with E-state index in [1.165, 1.54) is 77.0 Å². The molecule has 0 aromatic rings. The number of phosphoric acid groups is 1. The topological polar surface area (TPSA) is 227 Å². The average molecular weight is 879 g/mol. The fourth-order valence-corrected chi connectivity index (χ4v) is 7.11. The summed E-state index contributed by atoms with van der Waals surface area (Å²) in [5, 5.41) is 47.8. The molecule has 0 saturated carbocycles. The van der Waals surface area contributed by atoms with E-state index in [-0.39, 0.29) is 12.8 Å². The molecule has 0 amide bonds. The summed E-state index contributed by atoms with van der Waals surface area (Å²) in [7, 11) is -4.98. The number of hydrogen-bond acceptors (Lipinski definition) is 12. The molecule has 0 rings (SSSR count). The van der Waals surface area contributed by atoms with E-state index in [0.717, 1.165) is 77.0 Å². The first-order chi connectivity index (χ1) is 28.8. The zero-order valence-corrected chi connectivity index (χ0v) is 37.9. The van der Waals surface area contributed by atoms with Crippen molar-refractivity contribution in [3.05, 3.63) is 24.3 Å². The standard InChI is InChI=1S/C45H83O14P/c1-3-5-7-9-11-13-15-17-19-21-23-25-27-29-31-33-40(47)56-35-38(36-57-60(54,55)58-37-39(46)42(49)43(50)44(51)45(52)53)59-41(48)34-32-30-28-26-24-22-20-18-16-14-12-10-8-6-4-2/h17-20,38-39,42-44,46,49-51H,3-16,21-37H2,1-2H3,(H,52,53)(H,54,55). The van der Waals surface area contributed by atoms with E-state index in [9.17, 15) is 44.3 Å². The lowest BCUT2D eigenvalue weighted by Crippen LogP contribution is -2.48. The fourth-order valence-electron chi connectivity index (χ4n) is 6.34. The number of aliphatic carboxylic acids is 1. The van der Waals surface area contributed by atoms with Crippen LogP contribution < -0.4 is 0 Å². The van der Waals surface area contributed by atoms with Gasteiger partial charge < -0.3 is 39.9 Å². The van der Waals surface area contributed by atoms with Crippen molar-refractivity contribution < 1.29 is 67.9 Å². The van der Waals surface area contributed by atoms with Crippen molar-refractivity contribution in [1.29, 1.82) is 0 Å². The summed E-state index contributed by atoms with van der Waals surface area (Å²) in [5.74, 6) is -2.99. The first kappa shape index (κ1) is 57.8. The molecule has 0 aliphatic rings. The van der Waals surface area contributed by atoms with Gasteiger partial charge in [0.15, 0.2) is 12.2 Å². The first-order valence-corrected chi connectivity index (χ1v) is 24.6. The van der Waals surface area contributed by atoms with Crippen LogP contribution in [0.25, 0.3) is 0 Å². The van der Waals surface area contributed by atoms with Gasteiger partial charge in [-0.05, 0) is 64.2 Å². The van der Waals surface area contributed by atoms with Crippen LogP contribution in [0.2, 0.25) is 0 Å². The lowest BCUT2D eigenvalue weighted by atomic mass is 10.0. The molecular formula is C45H83O14P. The SMILES string of the molecule is CCCCCCCCC=CCCCCCCCC(=O)OCC(COP(=O)(O)OCC(O)C(O)C(O)C(O)C(=O)O)OC(=O)CCCCCCCC=CCCCCCCCC. The van der Waals surface area contributed by atoms with E-state index in [1.807, 2.05) is 0 Å². The molecule has 0 aromatic heterocycles. The lowest BCUT2D eigenvalue weighted by molar-refractivity contribution is -0.164. The Balaban J connectivity index is 4.71. The van der Waals surface area contributed by atoms with Crippen molar-refractivity contribution in [2.24, 2.45) is 0 Å². The molecule has 15 heteroatoms. The zero-order valence-electron chi connectivity index (χ0n) is 37.0. The van der Waals surface area contributed by atoms with Gasteiger partial charge in [0.25, 0.3) is 0 Å². The van der Waals surface area contributed by atoms with Crippen LogP contribution in [0.3, 0.4) is 0 Å². The Kier molecular flexibility index (Phi) is 38.2. The van der Waals surface area contributed by atoms with Gasteiger partial charge in [0, 0.05) is 12.8 Å². The van der Waals surface area contributed by atoms with Crippen molar-refractivity contribution in [2.45, 2.75) is 224 Å². The third-order valence-electron chi connectivity index (χ3n) is 10.2. The first-order valence-electron chi connectivity index (χ1n) is 23.1. The van der Waals surface area contributed by atoms with E-state index in [2.05, 4.69) is 42.7 Å². The van der Waals surface area contributed by atoms with E-state index in [4.69, 9.17) is 19.1 Å². The van der Waals surface area contributed by atoms with Crippen LogP contribution in [0.1, 0.15) is 194 Å². The highest BCUT2D eigenvalue weighted by Gasteiger charge is 2.36. The number of carboxylic acids is 1. The zero-order chi connectivity index (χ0) is 44.7. The smallest absolute Gasteiger partial charge is 0.472 e. The maximum Gasteiger partial charge on any atom is 0.472 e. The lowest BCUT2D eigenvalue weighted by Gasteiger charge is -2.25. The molecule has 0 aliphatic heterocycles. The molecule has 0 heterocycles. The summed E-state index contributed by atoms with van der Waals surface area (Å²) >= 11 is 0. The van der Waals surface area contributed by atoms with Crippen LogP contribution in [0.15, 0.2) is 24.3 Å². The van der Waals surface area contributed by atoms with Gasteiger partial charge in [-0.25, -0.2) is 9.36 Å². The normalized spacial score (nSPS) is 15.4. The summed E-state index contributed by atoms with van der Waals surface area (Å²) in [6, 6.07) is 0. The number of ether oxygens (including phenoxy) is 2. The maximum atomic E-state index is 12.7. The highest BCUT2D eigenvalue weighted by Crippen LogP contribution is 2.43. The van der Waals surface area contributed by atoms with Crippen LogP contribution >= 0.6 is 7.82 Å². The largest absolute Gasteiger partial charge is 0.479 e. The Morgan fingerprint density at radius 3 is 1.33 bits per heavy atom. The number of carbonyl (C=O) groups is 3. The maximum absolute atomic E-state index is 12.7. The van der Waals surface area contributed by atoms with E-state index >= 15 is 0 Å². The Morgan fingerprint density at radius 2 is 0.900 bits per heavy atom. The van der Waals surface area contributed by atoms with Gasteiger partial charge in [0.1, 0.15) is 24.9 Å². The van der Waals surface area contributed by atoms with Crippen LogP contribution in [0.5, 0.6) is 0 Å². The van der Waals surface area contributed by atoms with E-state index in [0.29, 0.717) is 12.8 Å². The van der Waals surface area contributed by atoms with Crippen molar-refractivity contribution >= 4 is 25.7 Å². The predicted octanol–water partition coefficient (Wildman–Crippen LogP) is 9.18. The number of carbonyl (C=O) groups excluding carboxylic acids is 2. The molecule has 0 spiro atoms. The molecule has 60 heavy (non-hydrogen) atoms. The second-order valence-electron chi connectivity index (χ2n) is 15.9. The van der Waals surface area contributed by atoms with Crippen molar-refractivity contribution in [1.82, 2.24) is 0 Å². The molecule has 0 aromatic carbocycles. The van der Waals surface area contributed by atoms with Crippen LogP contribution in [-0.2, 0) is 37.5 Å². The summed E-state index contributed by atoms with van der Waals surface area (Å²) in [6.07, 6.45) is 27.8. The Bertz CT molecular complexity index is 1160. The number of hydrogen-bond donors (Lipinski definition) is 6. The number of allylic oxidation sites excluding steroid dienone is 4. The molecule has 6 unspecified atom stereocenters. The minimum absolute atomic E-state index is 0.0827. The summed E-state index contributed by atoms with van der Waals surface area (Å²) in [5.41, 5.74) is 0. The second kappa shape index (κ2) is 39.7. The number of phosphoric ester groups is 1. The second-order valence-corrected chi connectivity index (χ2v) is 17.3. The monoisotopic (exact) mass is 879 g/mol. The van der Waals surface area contributed by atoms with Crippen LogP contribution in [-0.4, -0.2) is 98.7 Å². The molecular weight excluding hydrogens is 795 g/mol.